The number of nitrogens with one attached hydrogen (secondary N) is 1. The maximum Gasteiger partial charge on any atom is 0.307 e. The number of nitrogens with zero attached hydrogens (tertiary/aromatic N) is 3. The molecule has 0 unspecified atom stereocenters. The van der Waals surface area contributed by atoms with Gasteiger partial charge in [-0.15, -0.1) is 0 Å². The molecule has 32 heavy (non-hydrogen) atoms. The summed E-state index contributed by atoms with van der Waals surface area (Å²) < 4.78 is 27.3. The van der Waals surface area contributed by atoms with Gasteiger partial charge in [0.2, 0.25) is 11.7 Å². The van der Waals surface area contributed by atoms with E-state index < -0.39 is 28.2 Å². The van der Waals surface area contributed by atoms with Crippen molar-refractivity contribution in [1.29, 1.82) is 0 Å². The number of nitro groups is 1. The van der Waals surface area contributed by atoms with Gasteiger partial charge in [0.15, 0.2) is 5.82 Å². The van der Waals surface area contributed by atoms with Crippen LogP contribution < -0.4 is 5.32 Å². The zero-order valence-electron chi connectivity index (χ0n) is 16.1. The average molecular weight is 435 g/mol. The summed E-state index contributed by atoms with van der Waals surface area (Å²) >= 11 is 0. The largest absolute Gasteiger partial charge is 0.426 e. The molecule has 3 aromatic carbocycles. The molecule has 0 saturated carbocycles. The molecule has 0 bridgehead atoms. The average Bonchev–Trinajstić information content (AvgIpc) is 3.08. The van der Waals surface area contributed by atoms with Crippen molar-refractivity contribution >= 4 is 34.4 Å². The summed E-state index contributed by atoms with van der Waals surface area (Å²) in [7, 11) is 0. The molecular formula is C22H13F2N4O4. The lowest BCUT2D eigenvalue weighted by Gasteiger charge is -2.05. The Hall–Kier alpha value is -4.60. The lowest BCUT2D eigenvalue weighted by Crippen LogP contribution is -2.07. The number of rotatable bonds is 5. The first-order valence-electron chi connectivity index (χ1n) is 9.14. The van der Waals surface area contributed by atoms with Gasteiger partial charge in [0.25, 0.3) is 0 Å². The first-order valence-corrected chi connectivity index (χ1v) is 9.14. The number of imidazole rings is 1. The molecule has 0 atom stereocenters. The molecule has 4 rings (SSSR count). The van der Waals surface area contributed by atoms with E-state index in [1.807, 2.05) is 0 Å². The minimum Gasteiger partial charge on any atom is -0.426 e. The number of amides is 1. The molecule has 4 aromatic rings. The van der Waals surface area contributed by atoms with Crippen LogP contribution >= 0.6 is 0 Å². The number of hydrogen-bond acceptors (Lipinski definition) is 5. The summed E-state index contributed by atoms with van der Waals surface area (Å²) in [5.74, 6) is -1.92. The molecule has 1 aromatic heterocycles. The lowest BCUT2D eigenvalue weighted by molar-refractivity contribution is -0.387. The van der Waals surface area contributed by atoms with Crippen LogP contribution in [-0.4, -0.2) is 25.8 Å². The number of benzene rings is 3. The standard InChI is InChI=1S/C22H13F2N4O4/c23-15-6-1-13(2-7-15)3-10-21(29)25-16-8-4-14(5-9-16)22-26-18-11-17(24)19(28(31)32)12-20(18)27(22)30/h1-6,8-12,30H,(H,25,29)/b10-3+. The molecule has 2 N–H and O–H groups in total. The number of nitro benzene ring substituents is 1. The van der Waals surface area contributed by atoms with Gasteiger partial charge < -0.3 is 10.5 Å². The predicted molar refractivity (Wildman–Crippen MR) is 112 cm³/mol. The van der Waals surface area contributed by atoms with Crippen LogP contribution in [0.15, 0.2) is 60.7 Å². The van der Waals surface area contributed by atoms with Gasteiger partial charge in [-0.25, -0.2) is 9.37 Å². The van der Waals surface area contributed by atoms with Crippen LogP contribution in [0.2, 0.25) is 0 Å². The highest BCUT2D eigenvalue weighted by atomic mass is 19.1. The van der Waals surface area contributed by atoms with Crippen molar-refractivity contribution in [3.05, 3.63) is 94.1 Å². The molecule has 1 heterocycles. The number of fused-ring (bicyclic) bond motifs is 1. The van der Waals surface area contributed by atoms with E-state index in [1.165, 1.54) is 30.4 Å². The van der Waals surface area contributed by atoms with E-state index in [2.05, 4.69) is 16.4 Å². The van der Waals surface area contributed by atoms with Crippen LogP contribution in [0.5, 0.6) is 0 Å². The second-order valence-electron chi connectivity index (χ2n) is 6.67. The molecule has 0 saturated heterocycles. The van der Waals surface area contributed by atoms with Gasteiger partial charge in [0, 0.05) is 35.5 Å². The maximum absolute atomic E-state index is 13.8. The molecule has 8 nitrogen and oxygen atoms in total. The van der Waals surface area contributed by atoms with Gasteiger partial charge in [-0.1, -0.05) is 6.07 Å². The molecule has 0 spiro atoms. The lowest BCUT2D eigenvalue weighted by atomic mass is 10.2. The van der Waals surface area contributed by atoms with Crippen molar-refractivity contribution in [1.82, 2.24) is 9.71 Å². The second-order valence-corrected chi connectivity index (χ2v) is 6.67. The molecule has 0 aliphatic carbocycles. The van der Waals surface area contributed by atoms with Crippen LogP contribution in [0.25, 0.3) is 28.5 Å². The summed E-state index contributed by atoms with van der Waals surface area (Å²) in [5.41, 5.74) is 0.748. The Kier molecular flexibility index (Phi) is 5.34. The SMILES string of the molecule is O=C(/C=C/c1c[c]c(F)cc1)Nc1ccc(-c2nc3cc(F)c([N+](=O)[O-])cc3n2O)cc1. The topological polar surface area (TPSA) is 110 Å². The smallest absolute Gasteiger partial charge is 0.307 e. The fourth-order valence-electron chi connectivity index (χ4n) is 2.98. The van der Waals surface area contributed by atoms with Crippen molar-refractivity contribution in [3.8, 4) is 11.4 Å². The molecule has 0 aliphatic heterocycles. The molecular weight excluding hydrogens is 422 g/mol. The fraction of sp³-hybridized carbons (Fsp3) is 0. The minimum atomic E-state index is -1.06. The number of hydrogen-bond donors (Lipinski definition) is 2. The highest BCUT2D eigenvalue weighted by molar-refractivity contribution is 6.02. The number of aromatic nitrogens is 2. The highest BCUT2D eigenvalue weighted by Crippen LogP contribution is 2.29. The van der Waals surface area contributed by atoms with Gasteiger partial charge in [-0.3, -0.25) is 14.9 Å². The molecule has 0 aliphatic rings. The van der Waals surface area contributed by atoms with Gasteiger partial charge in [0.1, 0.15) is 11.3 Å². The number of carbonyl (C=O) groups excluding carboxylic acids is 1. The van der Waals surface area contributed by atoms with Crippen molar-refractivity contribution in [2.45, 2.75) is 0 Å². The summed E-state index contributed by atoms with van der Waals surface area (Å²) in [5, 5.41) is 23.9. The minimum absolute atomic E-state index is 0.0198. The van der Waals surface area contributed by atoms with Crippen molar-refractivity contribution in [2.24, 2.45) is 0 Å². The summed E-state index contributed by atoms with van der Waals surface area (Å²) in [6.07, 6.45) is 2.79. The Morgan fingerprint density at radius 2 is 1.94 bits per heavy atom. The molecule has 159 valence electrons. The third-order valence-corrected chi connectivity index (χ3v) is 4.53. The first kappa shape index (κ1) is 20.7. The van der Waals surface area contributed by atoms with E-state index in [9.17, 15) is 28.9 Å². The van der Waals surface area contributed by atoms with E-state index in [-0.39, 0.29) is 16.9 Å². The monoisotopic (exact) mass is 435 g/mol. The molecule has 1 amide bonds. The quantitative estimate of drug-likeness (QED) is 0.206. The second kappa shape index (κ2) is 8.26. The highest BCUT2D eigenvalue weighted by Gasteiger charge is 2.20. The molecule has 10 heteroatoms. The summed E-state index contributed by atoms with van der Waals surface area (Å²) in [6, 6.07) is 14.6. The van der Waals surface area contributed by atoms with Crippen LogP contribution in [-0.2, 0) is 4.79 Å². The molecule has 1 radical (unpaired) electrons. The Balaban J connectivity index is 1.52. The van der Waals surface area contributed by atoms with E-state index in [0.717, 1.165) is 12.1 Å². The van der Waals surface area contributed by atoms with Crippen molar-refractivity contribution in [3.63, 3.8) is 0 Å². The van der Waals surface area contributed by atoms with E-state index in [4.69, 9.17) is 0 Å². The Labute approximate surface area is 179 Å². The summed E-state index contributed by atoms with van der Waals surface area (Å²) in [4.78, 5) is 26.2. The number of halogens is 2. The van der Waals surface area contributed by atoms with Crippen LogP contribution in [0, 0.1) is 27.8 Å². The van der Waals surface area contributed by atoms with Gasteiger partial charge in [0.05, 0.1) is 10.4 Å². The van der Waals surface area contributed by atoms with Crippen LogP contribution in [0.1, 0.15) is 5.56 Å². The Morgan fingerprint density at radius 3 is 2.59 bits per heavy atom. The normalized spacial score (nSPS) is 11.2. The number of carbonyl (C=O) groups is 1. The van der Waals surface area contributed by atoms with Gasteiger partial charge >= 0.3 is 5.69 Å². The van der Waals surface area contributed by atoms with Gasteiger partial charge in [-0.05, 0) is 48.0 Å². The summed E-state index contributed by atoms with van der Waals surface area (Å²) in [6.45, 7) is 0. The van der Waals surface area contributed by atoms with E-state index >= 15 is 0 Å². The third kappa shape index (κ3) is 4.15. The predicted octanol–water partition coefficient (Wildman–Crippen LogP) is 4.58. The third-order valence-electron chi connectivity index (χ3n) is 4.53. The molecule has 0 fully saturated rings. The van der Waals surface area contributed by atoms with Crippen LogP contribution in [0.4, 0.5) is 20.2 Å². The van der Waals surface area contributed by atoms with Gasteiger partial charge in [-0.2, -0.15) is 9.12 Å². The van der Waals surface area contributed by atoms with Crippen molar-refractivity contribution in [2.75, 3.05) is 5.32 Å². The maximum atomic E-state index is 13.8. The van der Waals surface area contributed by atoms with E-state index in [0.29, 0.717) is 21.5 Å². The zero-order chi connectivity index (χ0) is 22.8. The van der Waals surface area contributed by atoms with Crippen LogP contribution in [0.3, 0.4) is 0 Å². The number of anilines is 1. The fourth-order valence-corrected chi connectivity index (χ4v) is 2.98. The zero-order valence-corrected chi connectivity index (χ0v) is 16.1. The Bertz CT molecular complexity index is 1360. The first-order chi connectivity index (χ1) is 15.3. The van der Waals surface area contributed by atoms with Crippen molar-refractivity contribution < 1.29 is 23.7 Å². The Morgan fingerprint density at radius 1 is 1.19 bits per heavy atom. The van der Waals surface area contributed by atoms with E-state index in [1.54, 1.807) is 24.3 Å².